The molecule has 1 aromatic carbocycles. The van der Waals surface area contributed by atoms with Crippen molar-refractivity contribution in [2.75, 3.05) is 13.7 Å². The van der Waals surface area contributed by atoms with Gasteiger partial charge in [0.2, 0.25) is 0 Å². The Hall–Kier alpha value is -2.47. The fourth-order valence-electron chi connectivity index (χ4n) is 3.71. The van der Waals surface area contributed by atoms with E-state index in [9.17, 15) is 14.7 Å². The quantitative estimate of drug-likeness (QED) is 0.913. The predicted molar refractivity (Wildman–Crippen MR) is 96.3 cm³/mol. The van der Waals surface area contributed by atoms with E-state index in [0.717, 1.165) is 35.0 Å². The summed E-state index contributed by atoms with van der Waals surface area (Å²) < 4.78 is 5.32. The smallest absolute Gasteiger partial charge is 0.326 e. The summed E-state index contributed by atoms with van der Waals surface area (Å²) in [5.41, 5.74) is 3.30. The van der Waals surface area contributed by atoms with Gasteiger partial charge in [-0.2, -0.15) is 0 Å². The number of fused-ring (bicyclic) bond motifs is 1. The minimum atomic E-state index is -0.991. The number of likely N-dealkylation sites (tertiary alicyclic amines) is 1. The predicted octanol–water partition coefficient (Wildman–Crippen LogP) is 2.73. The van der Waals surface area contributed by atoms with Crippen LogP contribution in [-0.2, 0) is 9.53 Å². The van der Waals surface area contributed by atoms with Gasteiger partial charge in [-0.1, -0.05) is 11.6 Å². The zero-order valence-electron chi connectivity index (χ0n) is 14.9. The van der Waals surface area contributed by atoms with E-state index in [1.54, 1.807) is 7.11 Å². The second-order valence-electron chi connectivity index (χ2n) is 7.29. The molecule has 0 bridgehead atoms. The van der Waals surface area contributed by atoms with E-state index in [1.165, 1.54) is 4.90 Å². The molecule has 2 unspecified atom stereocenters. The Morgan fingerprint density at radius 3 is 2.69 bits per heavy atom. The molecule has 0 radical (unpaired) electrons. The average molecular weight is 354 g/mol. The van der Waals surface area contributed by atoms with Crippen LogP contribution in [0.4, 0.5) is 0 Å². The van der Waals surface area contributed by atoms with E-state index < -0.39 is 12.0 Å². The molecule has 0 spiro atoms. The largest absolute Gasteiger partial charge is 0.480 e. The monoisotopic (exact) mass is 354 g/mol. The number of hydrogen-bond acceptors (Lipinski definition) is 4. The minimum absolute atomic E-state index is 0.252. The number of aryl methyl sites for hydroxylation is 1. The minimum Gasteiger partial charge on any atom is -0.480 e. The third-order valence-corrected chi connectivity index (χ3v) is 5.35. The summed E-state index contributed by atoms with van der Waals surface area (Å²) in [5.74, 6) is -0.834. The van der Waals surface area contributed by atoms with E-state index in [2.05, 4.69) is 0 Å². The van der Waals surface area contributed by atoms with E-state index in [0.29, 0.717) is 24.4 Å². The van der Waals surface area contributed by atoms with Crippen molar-refractivity contribution in [3.8, 4) is 0 Å². The highest BCUT2D eigenvalue weighted by atomic mass is 16.5. The highest BCUT2D eigenvalue weighted by Crippen LogP contribution is 2.40. The van der Waals surface area contributed by atoms with Crippen LogP contribution in [-0.4, -0.2) is 52.7 Å². The number of ether oxygens (including phenoxy) is 1. The number of rotatable bonds is 4. The van der Waals surface area contributed by atoms with Gasteiger partial charge in [0.25, 0.3) is 5.91 Å². The van der Waals surface area contributed by atoms with E-state index in [-0.39, 0.29) is 12.0 Å². The maximum absolute atomic E-state index is 13.3. The topological polar surface area (TPSA) is 79.7 Å². The number of nitrogens with zero attached hydrogens (tertiary/aromatic N) is 2. The van der Waals surface area contributed by atoms with Crippen LogP contribution < -0.4 is 0 Å². The number of methoxy groups -OCH3 is 1. The van der Waals surface area contributed by atoms with Crippen molar-refractivity contribution in [1.29, 1.82) is 0 Å². The number of carbonyl (C=O) groups excluding carboxylic acids is 1. The molecule has 26 heavy (non-hydrogen) atoms. The molecule has 6 heteroatoms. The van der Waals surface area contributed by atoms with Crippen molar-refractivity contribution in [3.05, 3.63) is 41.1 Å². The Bertz CT molecular complexity index is 891. The summed E-state index contributed by atoms with van der Waals surface area (Å²) in [6.07, 6.45) is 2.24. The molecule has 2 atom stereocenters. The van der Waals surface area contributed by atoms with Crippen LogP contribution in [0.5, 0.6) is 0 Å². The normalized spacial score (nSPS) is 22.8. The number of aromatic nitrogens is 1. The van der Waals surface area contributed by atoms with Gasteiger partial charge in [0.05, 0.1) is 17.2 Å². The van der Waals surface area contributed by atoms with Gasteiger partial charge in [0, 0.05) is 37.1 Å². The molecular weight excluding hydrogens is 332 g/mol. The van der Waals surface area contributed by atoms with Gasteiger partial charge >= 0.3 is 5.97 Å². The first-order valence-corrected chi connectivity index (χ1v) is 8.96. The summed E-state index contributed by atoms with van der Waals surface area (Å²) >= 11 is 0. The van der Waals surface area contributed by atoms with Crippen LogP contribution in [0.1, 0.15) is 46.8 Å². The molecule has 1 aliphatic heterocycles. The lowest BCUT2D eigenvalue weighted by Gasteiger charge is -2.22. The summed E-state index contributed by atoms with van der Waals surface area (Å²) in [7, 11) is 1.55. The lowest BCUT2D eigenvalue weighted by atomic mass is 10.0. The van der Waals surface area contributed by atoms with Crippen LogP contribution >= 0.6 is 0 Å². The molecule has 2 fully saturated rings. The van der Waals surface area contributed by atoms with Crippen LogP contribution in [0.3, 0.4) is 0 Å². The highest BCUT2D eigenvalue weighted by molar-refractivity contribution is 6.07. The highest BCUT2D eigenvalue weighted by Gasteiger charge is 2.41. The lowest BCUT2D eigenvalue weighted by Crippen LogP contribution is -2.40. The Morgan fingerprint density at radius 2 is 2.04 bits per heavy atom. The zero-order valence-corrected chi connectivity index (χ0v) is 14.9. The molecule has 1 aliphatic carbocycles. The number of carbonyl (C=O) groups is 2. The van der Waals surface area contributed by atoms with Crippen molar-refractivity contribution < 1.29 is 19.4 Å². The molecule has 2 aliphatic rings. The number of benzene rings is 1. The van der Waals surface area contributed by atoms with Gasteiger partial charge in [-0.25, -0.2) is 4.79 Å². The number of carboxylic acid groups (broad SMARTS) is 1. The van der Waals surface area contributed by atoms with Crippen LogP contribution in [0.2, 0.25) is 0 Å². The summed E-state index contributed by atoms with van der Waals surface area (Å²) in [6.45, 7) is 2.26. The molecule has 1 saturated heterocycles. The third-order valence-electron chi connectivity index (χ3n) is 5.35. The first-order valence-electron chi connectivity index (χ1n) is 8.96. The Balaban J connectivity index is 1.80. The number of hydrogen-bond donors (Lipinski definition) is 1. The SMILES string of the molecule is COC1CC(C(=O)O)N(C(=O)c2cc(C3CC3)nc3ccc(C)cc23)C1. The Morgan fingerprint density at radius 1 is 1.27 bits per heavy atom. The lowest BCUT2D eigenvalue weighted by molar-refractivity contribution is -0.141. The zero-order chi connectivity index (χ0) is 18.4. The molecule has 4 rings (SSSR count). The van der Waals surface area contributed by atoms with Crippen molar-refractivity contribution in [3.63, 3.8) is 0 Å². The Kier molecular flexibility index (Phi) is 4.15. The molecular formula is C20H22N2O4. The first kappa shape index (κ1) is 17.0. The molecule has 1 aromatic heterocycles. The van der Waals surface area contributed by atoms with Crippen LogP contribution in [0, 0.1) is 6.92 Å². The number of amides is 1. The molecule has 2 aromatic rings. The number of pyridine rings is 1. The van der Waals surface area contributed by atoms with Crippen LogP contribution in [0.15, 0.2) is 24.3 Å². The van der Waals surface area contributed by atoms with Gasteiger partial charge in [0.15, 0.2) is 0 Å². The van der Waals surface area contributed by atoms with Gasteiger partial charge in [-0.15, -0.1) is 0 Å². The second kappa shape index (κ2) is 6.36. The average Bonchev–Trinajstić information content (AvgIpc) is 3.38. The summed E-state index contributed by atoms with van der Waals surface area (Å²) in [6, 6.07) is 6.87. The molecule has 1 N–H and O–H groups in total. The Labute approximate surface area is 151 Å². The fourth-order valence-corrected chi connectivity index (χ4v) is 3.71. The summed E-state index contributed by atoms with van der Waals surface area (Å²) in [4.78, 5) is 31.1. The fraction of sp³-hybridized carbons (Fsp3) is 0.450. The van der Waals surface area contributed by atoms with Gasteiger partial charge in [-0.05, 0) is 38.0 Å². The molecule has 136 valence electrons. The molecule has 2 heterocycles. The van der Waals surface area contributed by atoms with E-state index in [4.69, 9.17) is 9.72 Å². The molecule has 1 amide bonds. The van der Waals surface area contributed by atoms with E-state index >= 15 is 0 Å². The van der Waals surface area contributed by atoms with Gasteiger partial charge in [-0.3, -0.25) is 9.78 Å². The van der Waals surface area contributed by atoms with Crippen molar-refractivity contribution >= 4 is 22.8 Å². The number of aliphatic carboxylic acids is 1. The first-order chi connectivity index (χ1) is 12.5. The van der Waals surface area contributed by atoms with Gasteiger partial charge < -0.3 is 14.7 Å². The summed E-state index contributed by atoms with van der Waals surface area (Å²) in [5, 5.41) is 10.3. The van der Waals surface area contributed by atoms with Crippen molar-refractivity contribution in [2.24, 2.45) is 0 Å². The molecule has 6 nitrogen and oxygen atoms in total. The molecule has 1 saturated carbocycles. The van der Waals surface area contributed by atoms with Gasteiger partial charge in [0.1, 0.15) is 6.04 Å². The standard InChI is InChI=1S/C20H22N2O4/c1-11-3-6-16-14(7-11)15(9-17(21-16)12-4-5-12)19(23)22-10-13(26-2)8-18(22)20(24)25/h3,6-7,9,12-13,18H,4-5,8,10H2,1-2H3,(H,24,25). The van der Waals surface area contributed by atoms with Crippen molar-refractivity contribution in [2.45, 2.75) is 44.2 Å². The van der Waals surface area contributed by atoms with Crippen LogP contribution in [0.25, 0.3) is 10.9 Å². The second-order valence-corrected chi connectivity index (χ2v) is 7.29. The third kappa shape index (κ3) is 2.94. The van der Waals surface area contributed by atoms with Crippen molar-refractivity contribution in [1.82, 2.24) is 9.88 Å². The number of carboxylic acids is 1. The maximum Gasteiger partial charge on any atom is 0.326 e. The maximum atomic E-state index is 13.3. The van der Waals surface area contributed by atoms with E-state index in [1.807, 2.05) is 31.2 Å².